The first-order valence-electron chi connectivity index (χ1n) is 9.91. The molecule has 0 saturated heterocycles. The molecule has 0 aliphatic heterocycles. The van der Waals surface area contributed by atoms with Crippen LogP contribution in [0.25, 0.3) is 0 Å². The minimum absolute atomic E-state index is 0.0373. The summed E-state index contributed by atoms with van der Waals surface area (Å²) in [6.07, 6.45) is 3.10. The normalized spacial score (nSPS) is 12.8. The Morgan fingerprint density at radius 3 is 2.45 bits per heavy atom. The summed E-state index contributed by atoms with van der Waals surface area (Å²) in [6.45, 7) is 4.96. The number of hydrogen-bond donors (Lipinski definition) is 1. The molecule has 0 fully saturated rings. The number of fused-ring (bicyclic) bond motifs is 1. The molecule has 0 bridgehead atoms. The van der Waals surface area contributed by atoms with E-state index in [1.807, 2.05) is 32.9 Å². The molecule has 1 aliphatic carbocycles. The van der Waals surface area contributed by atoms with Gasteiger partial charge in [-0.2, -0.15) is 0 Å². The van der Waals surface area contributed by atoms with Crippen LogP contribution in [0.2, 0.25) is 0 Å². The summed E-state index contributed by atoms with van der Waals surface area (Å²) in [7, 11) is 1.47. The lowest BCUT2D eigenvalue weighted by atomic mass is 10.0. The Morgan fingerprint density at radius 1 is 1.07 bits per heavy atom. The zero-order valence-corrected chi connectivity index (χ0v) is 17.7. The van der Waals surface area contributed by atoms with Crippen molar-refractivity contribution in [2.45, 2.75) is 58.4 Å². The minimum Gasteiger partial charge on any atom is -0.456 e. The van der Waals surface area contributed by atoms with Crippen LogP contribution in [0, 0.1) is 0 Å². The summed E-state index contributed by atoms with van der Waals surface area (Å²) in [5.74, 6) is -1.49. The van der Waals surface area contributed by atoms with Gasteiger partial charge in [0, 0.05) is 24.6 Å². The van der Waals surface area contributed by atoms with Gasteiger partial charge in [-0.3, -0.25) is 19.2 Å². The van der Waals surface area contributed by atoms with Gasteiger partial charge in [0.2, 0.25) is 5.91 Å². The molecule has 2 amide bonds. The van der Waals surface area contributed by atoms with E-state index in [1.165, 1.54) is 23.1 Å². The molecule has 0 atom stereocenters. The molecule has 7 nitrogen and oxygen atoms in total. The van der Waals surface area contributed by atoms with Crippen molar-refractivity contribution in [2.24, 2.45) is 0 Å². The van der Waals surface area contributed by atoms with Gasteiger partial charge in [0.1, 0.15) is 0 Å². The summed E-state index contributed by atoms with van der Waals surface area (Å²) in [4.78, 5) is 49.2. The van der Waals surface area contributed by atoms with Crippen LogP contribution in [0.1, 0.15) is 61.5 Å². The molecule has 0 aromatic heterocycles. The maximum atomic E-state index is 12.3. The number of ketones is 1. The predicted octanol–water partition coefficient (Wildman–Crippen LogP) is 2.05. The molecular formula is C22H30N2O5. The number of Topliss-reactive ketones (excluding diaryl/α,β-unsaturated/α-hetero) is 1. The van der Waals surface area contributed by atoms with E-state index in [4.69, 9.17) is 4.74 Å². The molecule has 158 valence electrons. The van der Waals surface area contributed by atoms with Gasteiger partial charge in [0.05, 0.1) is 13.0 Å². The van der Waals surface area contributed by atoms with Crippen LogP contribution in [0.3, 0.4) is 0 Å². The number of hydrogen-bond acceptors (Lipinski definition) is 5. The van der Waals surface area contributed by atoms with E-state index in [1.54, 1.807) is 6.07 Å². The summed E-state index contributed by atoms with van der Waals surface area (Å²) in [6, 6.07) is 5.70. The number of benzene rings is 1. The molecule has 2 rings (SSSR count). The Morgan fingerprint density at radius 2 is 1.76 bits per heavy atom. The lowest BCUT2D eigenvalue weighted by Crippen LogP contribution is -2.46. The van der Waals surface area contributed by atoms with Crippen molar-refractivity contribution in [1.29, 1.82) is 0 Å². The third-order valence-corrected chi connectivity index (χ3v) is 4.65. The highest BCUT2D eigenvalue weighted by molar-refractivity contribution is 5.98. The molecule has 1 aromatic rings. The van der Waals surface area contributed by atoms with Crippen LogP contribution in [0.4, 0.5) is 0 Å². The summed E-state index contributed by atoms with van der Waals surface area (Å²) in [5, 5.41) is 2.76. The van der Waals surface area contributed by atoms with Crippen molar-refractivity contribution in [2.75, 3.05) is 20.2 Å². The number of nitrogens with one attached hydrogen (secondary N) is 1. The van der Waals surface area contributed by atoms with Crippen LogP contribution >= 0.6 is 0 Å². The highest BCUT2D eigenvalue weighted by atomic mass is 16.5. The van der Waals surface area contributed by atoms with Gasteiger partial charge in [-0.05, 0) is 57.2 Å². The Balaban J connectivity index is 1.71. The molecule has 0 spiro atoms. The minimum atomic E-state index is -0.611. The van der Waals surface area contributed by atoms with Crippen LogP contribution in [-0.2, 0) is 32.0 Å². The predicted molar refractivity (Wildman–Crippen MR) is 109 cm³/mol. The van der Waals surface area contributed by atoms with Crippen molar-refractivity contribution in [1.82, 2.24) is 10.2 Å². The molecule has 1 aromatic carbocycles. The number of likely N-dealkylation sites (N-methyl/N-ethyl adjacent to an activating group) is 1. The average molecular weight is 402 g/mol. The molecule has 0 heterocycles. The molecule has 0 saturated carbocycles. The van der Waals surface area contributed by atoms with E-state index in [0.29, 0.717) is 5.56 Å². The smallest absolute Gasteiger partial charge is 0.306 e. The Labute approximate surface area is 171 Å². The van der Waals surface area contributed by atoms with E-state index in [9.17, 15) is 19.2 Å². The largest absolute Gasteiger partial charge is 0.456 e. The zero-order chi connectivity index (χ0) is 21.6. The zero-order valence-electron chi connectivity index (χ0n) is 17.7. The van der Waals surface area contributed by atoms with E-state index >= 15 is 0 Å². The average Bonchev–Trinajstić information content (AvgIpc) is 3.10. The van der Waals surface area contributed by atoms with Crippen molar-refractivity contribution < 1.29 is 23.9 Å². The fourth-order valence-corrected chi connectivity index (χ4v) is 3.19. The maximum Gasteiger partial charge on any atom is 0.306 e. The fraction of sp³-hybridized carbons (Fsp3) is 0.545. The van der Waals surface area contributed by atoms with Crippen LogP contribution in [0.5, 0.6) is 0 Å². The van der Waals surface area contributed by atoms with Gasteiger partial charge in [0.15, 0.2) is 12.4 Å². The van der Waals surface area contributed by atoms with Gasteiger partial charge in [-0.1, -0.05) is 12.1 Å². The summed E-state index contributed by atoms with van der Waals surface area (Å²) in [5.41, 5.74) is 2.72. The monoisotopic (exact) mass is 402 g/mol. The highest BCUT2D eigenvalue weighted by Crippen LogP contribution is 2.23. The number of rotatable bonds is 8. The third-order valence-electron chi connectivity index (χ3n) is 4.65. The SMILES string of the molecule is CN(CC(=O)NC(C)(C)C)C(=O)COC(=O)CCC(=O)c1ccc2c(c1)CCC2. The molecule has 1 N–H and O–H groups in total. The first kappa shape index (κ1) is 22.6. The Kier molecular flexibility index (Phi) is 7.53. The number of ether oxygens (including phenoxy) is 1. The van der Waals surface area contributed by atoms with E-state index in [-0.39, 0.29) is 31.1 Å². The number of carbonyl (C=O) groups is 4. The quantitative estimate of drug-likeness (QED) is 0.531. The first-order chi connectivity index (χ1) is 13.5. The lowest BCUT2D eigenvalue weighted by molar-refractivity contribution is -0.152. The van der Waals surface area contributed by atoms with Crippen molar-refractivity contribution in [3.63, 3.8) is 0 Å². The molecule has 0 radical (unpaired) electrons. The summed E-state index contributed by atoms with van der Waals surface area (Å²) < 4.78 is 4.95. The van der Waals surface area contributed by atoms with Crippen LogP contribution in [-0.4, -0.2) is 54.2 Å². The van der Waals surface area contributed by atoms with E-state index < -0.39 is 24.0 Å². The van der Waals surface area contributed by atoms with Crippen molar-refractivity contribution in [3.05, 3.63) is 34.9 Å². The van der Waals surface area contributed by atoms with Gasteiger partial charge in [-0.25, -0.2) is 0 Å². The highest BCUT2D eigenvalue weighted by Gasteiger charge is 2.19. The molecule has 0 unspecified atom stereocenters. The standard InChI is InChI=1S/C22H30N2O5/c1-22(2,3)23-19(26)13-24(4)20(27)14-29-21(28)11-10-18(25)17-9-8-15-6-5-7-16(15)12-17/h8-9,12H,5-7,10-11,13-14H2,1-4H3,(H,23,26). The van der Waals surface area contributed by atoms with Gasteiger partial charge < -0.3 is 15.0 Å². The van der Waals surface area contributed by atoms with Gasteiger partial charge in [0.25, 0.3) is 5.91 Å². The maximum absolute atomic E-state index is 12.3. The second-order valence-electron chi connectivity index (χ2n) is 8.47. The van der Waals surface area contributed by atoms with Crippen LogP contribution in [0.15, 0.2) is 18.2 Å². The van der Waals surface area contributed by atoms with Crippen molar-refractivity contribution >= 4 is 23.6 Å². The number of aryl methyl sites for hydroxylation is 2. The van der Waals surface area contributed by atoms with E-state index in [0.717, 1.165) is 19.3 Å². The molecule has 1 aliphatic rings. The first-order valence-corrected chi connectivity index (χ1v) is 9.91. The number of carbonyl (C=O) groups excluding carboxylic acids is 4. The number of nitrogens with zero attached hydrogens (tertiary/aromatic N) is 1. The van der Waals surface area contributed by atoms with Crippen molar-refractivity contribution in [3.8, 4) is 0 Å². The molecular weight excluding hydrogens is 372 g/mol. The topological polar surface area (TPSA) is 92.8 Å². The summed E-state index contributed by atoms with van der Waals surface area (Å²) >= 11 is 0. The van der Waals surface area contributed by atoms with Gasteiger partial charge >= 0.3 is 5.97 Å². The van der Waals surface area contributed by atoms with Gasteiger partial charge in [-0.15, -0.1) is 0 Å². The molecule has 7 heteroatoms. The Hall–Kier alpha value is -2.70. The fourth-order valence-electron chi connectivity index (χ4n) is 3.19. The van der Waals surface area contributed by atoms with E-state index in [2.05, 4.69) is 5.32 Å². The second kappa shape index (κ2) is 9.67. The lowest BCUT2D eigenvalue weighted by Gasteiger charge is -2.23. The number of amides is 2. The second-order valence-corrected chi connectivity index (χ2v) is 8.47. The third kappa shape index (κ3) is 7.33. The van der Waals surface area contributed by atoms with Crippen LogP contribution < -0.4 is 5.32 Å². The molecule has 29 heavy (non-hydrogen) atoms. The Bertz CT molecular complexity index is 795. The number of esters is 1.